The molecule has 1 unspecified atom stereocenters. The van der Waals surface area contributed by atoms with E-state index in [1.165, 1.54) is 10.4 Å². The van der Waals surface area contributed by atoms with E-state index in [1.807, 2.05) is 35.2 Å². The molecule has 3 amide bonds. The van der Waals surface area contributed by atoms with E-state index >= 15 is 0 Å². The number of amides is 3. The summed E-state index contributed by atoms with van der Waals surface area (Å²) in [6.07, 6.45) is 0. The van der Waals surface area contributed by atoms with Crippen LogP contribution in [-0.4, -0.2) is 71.0 Å². The van der Waals surface area contributed by atoms with Gasteiger partial charge in [0.05, 0.1) is 11.7 Å². The van der Waals surface area contributed by atoms with E-state index in [0.29, 0.717) is 30.7 Å². The van der Waals surface area contributed by atoms with Gasteiger partial charge < -0.3 is 5.32 Å². The molecule has 1 aromatic heterocycles. The molecule has 10 nitrogen and oxygen atoms in total. The number of benzene rings is 2. The third kappa shape index (κ3) is 4.88. The van der Waals surface area contributed by atoms with E-state index < -0.39 is 28.0 Å². The van der Waals surface area contributed by atoms with Gasteiger partial charge in [0.2, 0.25) is 15.9 Å². The molecule has 2 heterocycles. The zero-order valence-electron chi connectivity index (χ0n) is 18.0. The molecule has 4 rings (SSSR count). The summed E-state index contributed by atoms with van der Waals surface area (Å²) >= 11 is 0.975. The van der Waals surface area contributed by atoms with Crippen molar-refractivity contribution in [1.82, 2.24) is 28.6 Å². The predicted octanol–water partition coefficient (Wildman–Crippen LogP) is 1.58. The maximum absolute atomic E-state index is 13.3. The number of sulfonamides is 1. The molecule has 0 bridgehead atoms. The van der Waals surface area contributed by atoms with E-state index in [-0.39, 0.29) is 18.0 Å². The van der Waals surface area contributed by atoms with Crippen molar-refractivity contribution >= 4 is 44.7 Å². The Morgan fingerprint density at radius 2 is 1.76 bits per heavy atom. The lowest BCUT2D eigenvalue weighted by molar-refractivity contribution is -0.126. The number of rotatable bonds is 6. The first kappa shape index (κ1) is 23.2. The zero-order valence-corrected chi connectivity index (χ0v) is 19.6. The summed E-state index contributed by atoms with van der Waals surface area (Å²) < 4.78 is 36.3. The minimum Gasteiger partial charge on any atom is -0.338 e. The van der Waals surface area contributed by atoms with E-state index in [2.05, 4.69) is 19.4 Å². The number of imide groups is 1. The molecule has 12 heteroatoms. The minimum absolute atomic E-state index is 0.135. The van der Waals surface area contributed by atoms with Gasteiger partial charge in [-0.3, -0.25) is 15.0 Å². The third-order valence-electron chi connectivity index (χ3n) is 5.44. The number of hydrogen-bond donors (Lipinski definition) is 2. The SMILES string of the molecule is CCNC(=O)NC(=O)C(c1ccccc1)N1CCN(S(=O)(=O)c2cccc3nsnc23)CC1. The normalized spacial score (nSPS) is 16.4. The van der Waals surface area contributed by atoms with Crippen LogP contribution < -0.4 is 10.6 Å². The van der Waals surface area contributed by atoms with Crippen LogP contribution >= 0.6 is 11.7 Å². The van der Waals surface area contributed by atoms with Crippen molar-refractivity contribution in [2.45, 2.75) is 17.9 Å². The molecule has 1 fully saturated rings. The van der Waals surface area contributed by atoms with E-state index in [1.54, 1.807) is 19.1 Å². The van der Waals surface area contributed by atoms with Gasteiger partial charge in [0.15, 0.2) is 0 Å². The number of carbonyl (C=O) groups is 2. The molecule has 2 aromatic carbocycles. The molecule has 0 aliphatic carbocycles. The number of carbonyl (C=O) groups excluding carboxylic acids is 2. The second kappa shape index (κ2) is 9.91. The number of urea groups is 1. The fourth-order valence-corrected chi connectivity index (χ4v) is 6.05. The molecule has 1 atom stereocenters. The summed E-state index contributed by atoms with van der Waals surface area (Å²) in [4.78, 5) is 26.9. The summed E-state index contributed by atoms with van der Waals surface area (Å²) in [6.45, 7) is 3.22. The molecule has 0 radical (unpaired) electrons. The van der Waals surface area contributed by atoms with Gasteiger partial charge in [-0.05, 0) is 24.6 Å². The molecule has 174 valence electrons. The van der Waals surface area contributed by atoms with Crippen LogP contribution in [0.4, 0.5) is 4.79 Å². The number of piperazine rings is 1. The Morgan fingerprint density at radius 1 is 1.03 bits per heavy atom. The molecule has 1 aliphatic heterocycles. The minimum atomic E-state index is -3.77. The van der Waals surface area contributed by atoms with Crippen LogP contribution in [0.1, 0.15) is 18.5 Å². The first-order valence-electron chi connectivity index (χ1n) is 10.5. The monoisotopic (exact) mass is 488 g/mol. The predicted molar refractivity (Wildman–Crippen MR) is 124 cm³/mol. The average Bonchev–Trinajstić information content (AvgIpc) is 3.29. The Morgan fingerprint density at radius 3 is 2.45 bits per heavy atom. The Bertz CT molecular complexity index is 1240. The van der Waals surface area contributed by atoms with Crippen molar-refractivity contribution in [2.75, 3.05) is 32.7 Å². The van der Waals surface area contributed by atoms with Crippen LogP contribution in [0.3, 0.4) is 0 Å². The fourth-order valence-electron chi connectivity index (χ4n) is 3.88. The van der Waals surface area contributed by atoms with Crippen molar-refractivity contribution in [3.8, 4) is 0 Å². The fraction of sp³-hybridized carbons (Fsp3) is 0.333. The zero-order chi connectivity index (χ0) is 23.4. The van der Waals surface area contributed by atoms with Gasteiger partial charge in [0.25, 0.3) is 0 Å². The molecular formula is C21H24N6O4S2. The lowest BCUT2D eigenvalue weighted by Gasteiger charge is -2.38. The van der Waals surface area contributed by atoms with E-state index in [0.717, 1.165) is 17.3 Å². The van der Waals surface area contributed by atoms with Crippen LogP contribution in [0.25, 0.3) is 11.0 Å². The highest BCUT2D eigenvalue weighted by Gasteiger charge is 2.35. The second-order valence-corrected chi connectivity index (χ2v) is 9.92. The summed E-state index contributed by atoms with van der Waals surface area (Å²) in [5.74, 6) is -0.457. The van der Waals surface area contributed by atoms with Crippen molar-refractivity contribution in [1.29, 1.82) is 0 Å². The lowest BCUT2D eigenvalue weighted by atomic mass is 10.0. The highest BCUT2D eigenvalue weighted by Crippen LogP contribution is 2.27. The Hall–Kier alpha value is -2.93. The van der Waals surface area contributed by atoms with Crippen molar-refractivity contribution in [3.05, 3.63) is 54.1 Å². The Balaban J connectivity index is 1.53. The van der Waals surface area contributed by atoms with Crippen LogP contribution in [0.15, 0.2) is 53.4 Å². The largest absolute Gasteiger partial charge is 0.338 e. The van der Waals surface area contributed by atoms with Crippen LogP contribution in [0.5, 0.6) is 0 Å². The topological polar surface area (TPSA) is 125 Å². The van der Waals surface area contributed by atoms with Crippen LogP contribution in [-0.2, 0) is 14.8 Å². The highest BCUT2D eigenvalue weighted by molar-refractivity contribution is 7.89. The Labute approximate surface area is 196 Å². The summed E-state index contributed by atoms with van der Waals surface area (Å²) in [6, 6.07) is 12.8. The average molecular weight is 489 g/mol. The number of fused-ring (bicyclic) bond motifs is 1. The van der Waals surface area contributed by atoms with Crippen LogP contribution in [0.2, 0.25) is 0 Å². The molecule has 3 aromatic rings. The maximum Gasteiger partial charge on any atom is 0.321 e. The molecule has 2 N–H and O–H groups in total. The number of nitrogens with zero attached hydrogens (tertiary/aromatic N) is 4. The lowest BCUT2D eigenvalue weighted by Crippen LogP contribution is -2.53. The van der Waals surface area contributed by atoms with Crippen LogP contribution in [0, 0.1) is 0 Å². The van der Waals surface area contributed by atoms with Gasteiger partial charge in [-0.15, -0.1) is 0 Å². The Kier molecular flexibility index (Phi) is 6.98. The third-order valence-corrected chi connectivity index (χ3v) is 7.92. The van der Waals surface area contributed by atoms with Gasteiger partial charge in [0.1, 0.15) is 22.0 Å². The summed E-state index contributed by atoms with van der Waals surface area (Å²) in [7, 11) is -3.77. The van der Waals surface area contributed by atoms with Crippen molar-refractivity contribution in [3.63, 3.8) is 0 Å². The van der Waals surface area contributed by atoms with Gasteiger partial charge in [-0.25, -0.2) is 13.2 Å². The molecule has 0 saturated carbocycles. The number of nitrogens with one attached hydrogen (secondary N) is 2. The molecule has 1 aliphatic rings. The maximum atomic E-state index is 13.3. The summed E-state index contributed by atoms with van der Waals surface area (Å²) in [5, 5.41) is 4.94. The van der Waals surface area contributed by atoms with Gasteiger partial charge >= 0.3 is 6.03 Å². The highest BCUT2D eigenvalue weighted by atomic mass is 32.2. The molecular weight excluding hydrogens is 464 g/mol. The van der Waals surface area contributed by atoms with Gasteiger partial charge in [-0.2, -0.15) is 13.1 Å². The second-order valence-electron chi connectivity index (χ2n) is 7.49. The number of aromatic nitrogens is 2. The quantitative estimate of drug-likeness (QED) is 0.540. The first-order chi connectivity index (χ1) is 15.9. The van der Waals surface area contributed by atoms with E-state index in [9.17, 15) is 18.0 Å². The smallest absolute Gasteiger partial charge is 0.321 e. The van der Waals surface area contributed by atoms with Gasteiger partial charge in [-0.1, -0.05) is 36.4 Å². The van der Waals surface area contributed by atoms with Crippen molar-refractivity contribution in [2.24, 2.45) is 0 Å². The molecule has 33 heavy (non-hydrogen) atoms. The summed E-state index contributed by atoms with van der Waals surface area (Å²) in [5.41, 5.74) is 1.65. The van der Waals surface area contributed by atoms with Gasteiger partial charge in [0, 0.05) is 32.7 Å². The first-order valence-corrected chi connectivity index (χ1v) is 12.7. The molecule has 0 spiro atoms. The number of hydrogen-bond acceptors (Lipinski definition) is 8. The van der Waals surface area contributed by atoms with E-state index in [4.69, 9.17) is 0 Å². The standard InChI is InChI=1S/C21H24N6O4S2/c1-2-22-21(29)23-20(28)19(15-7-4-3-5-8-15)26-11-13-27(14-12-26)33(30,31)17-10-6-9-16-18(17)25-32-24-16/h3-10,19H,2,11-14H2,1H3,(H2,22,23,28,29). The molecule has 1 saturated heterocycles. The van der Waals surface area contributed by atoms with Crippen molar-refractivity contribution < 1.29 is 18.0 Å².